The van der Waals surface area contributed by atoms with Crippen LogP contribution in [0.5, 0.6) is 0 Å². The molecule has 1 rings (SSSR count). The first-order chi connectivity index (χ1) is 7.93. The van der Waals surface area contributed by atoms with Crippen molar-refractivity contribution in [3.8, 4) is 0 Å². The highest BCUT2D eigenvalue weighted by molar-refractivity contribution is 6.41. The van der Waals surface area contributed by atoms with Gasteiger partial charge in [0.05, 0.1) is 12.8 Å². The lowest BCUT2D eigenvalue weighted by Crippen LogP contribution is -2.24. The highest BCUT2D eigenvalue weighted by Crippen LogP contribution is 2.14. The molecule has 1 aliphatic heterocycles. The van der Waals surface area contributed by atoms with Crippen LogP contribution in [0.25, 0.3) is 0 Å². The molecule has 0 unspecified atom stereocenters. The molecule has 0 aromatic rings. The van der Waals surface area contributed by atoms with Crippen LogP contribution in [0.4, 0.5) is 0 Å². The molecular weight excluding hydrogens is 224 g/mol. The molecule has 17 heavy (non-hydrogen) atoms. The van der Waals surface area contributed by atoms with Crippen molar-refractivity contribution in [2.75, 3.05) is 7.11 Å². The van der Waals surface area contributed by atoms with Gasteiger partial charge in [0, 0.05) is 6.08 Å². The van der Waals surface area contributed by atoms with Crippen molar-refractivity contribution in [3.05, 3.63) is 48.3 Å². The van der Waals surface area contributed by atoms with Gasteiger partial charge in [-0.25, -0.2) is 9.79 Å². The molecule has 6 heteroatoms. The lowest BCUT2D eigenvalue weighted by Gasteiger charge is -2.17. The van der Waals surface area contributed by atoms with Gasteiger partial charge in [-0.2, -0.15) is 0 Å². The molecule has 0 amide bonds. The van der Waals surface area contributed by atoms with Crippen LogP contribution in [0, 0.1) is 0 Å². The Balaban J connectivity index is 3.13. The minimum absolute atomic E-state index is 0.144. The first kappa shape index (κ1) is 12.6. The molecule has 90 valence electrons. The molecule has 0 saturated heterocycles. The summed E-state index contributed by atoms with van der Waals surface area (Å²) in [6.45, 7) is 6.85. The zero-order valence-electron chi connectivity index (χ0n) is 9.23. The van der Waals surface area contributed by atoms with E-state index in [1.807, 2.05) is 0 Å². The highest BCUT2D eigenvalue weighted by atomic mass is 16.5. The lowest BCUT2D eigenvalue weighted by molar-refractivity contribution is -0.129. The Kier molecular flexibility index (Phi) is 3.71. The number of aliphatic imine (C=N–C) groups is 1. The maximum atomic E-state index is 10.9. The second-order valence-electron chi connectivity index (χ2n) is 3.13. The Hall–Kier alpha value is -2.50. The van der Waals surface area contributed by atoms with Crippen LogP contribution in [0.2, 0.25) is 0 Å². The summed E-state index contributed by atoms with van der Waals surface area (Å²) in [6.07, 6.45) is 2.48. The number of ether oxygens (including phenoxy) is 1. The number of allylic oxidation sites excluding steroid dienone is 1. The van der Waals surface area contributed by atoms with Crippen molar-refractivity contribution in [1.82, 2.24) is 5.32 Å². The molecule has 0 fully saturated rings. The molecule has 0 aliphatic carbocycles. The van der Waals surface area contributed by atoms with Gasteiger partial charge >= 0.3 is 5.97 Å². The number of hydrogen-bond donors (Lipinski definition) is 3. The number of methoxy groups -OCH3 is 1. The molecule has 6 nitrogen and oxygen atoms in total. The topological polar surface area (TPSA) is 91.2 Å². The van der Waals surface area contributed by atoms with Crippen LogP contribution in [0.1, 0.15) is 0 Å². The summed E-state index contributed by atoms with van der Waals surface area (Å²) < 4.78 is 4.89. The van der Waals surface area contributed by atoms with Crippen LogP contribution < -0.4 is 5.32 Å². The molecule has 0 atom stereocenters. The fraction of sp³-hybridized carbons (Fsp3) is 0.0909. The number of rotatable bonds is 4. The van der Waals surface area contributed by atoms with Crippen molar-refractivity contribution in [3.63, 3.8) is 0 Å². The van der Waals surface area contributed by atoms with Gasteiger partial charge in [-0.1, -0.05) is 13.2 Å². The number of nitrogens with zero attached hydrogens (tertiary/aromatic N) is 1. The Labute approximate surface area is 97.9 Å². The minimum Gasteiger partial charge on any atom is -0.508 e. The lowest BCUT2D eigenvalue weighted by atomic mass is 10.2. The summed E-state index contributed by atoms with van der Waals surface area (Å²) >= 11 is 0. The van der Waals surface area contributed by atoms with E-state index < -0.39 is 5.97 Å². The van der Waals surface area contributed by atoms with Gasteiger partial charge in [-0.15, -0.1) is 0 Å². The number of nitrogens with one attached hydrogen (secondary N) is 1. The monoisotopic (exact) mass is 236 g/mol. The number of aliphatic carboxylic acids is 1. The van der Waals surface area contributed by atoms with Crippen LogP contribution in [-0.2, 0) is 9.53 Å². The molecule has 0 aromatic carbocycles. The Morgan fingerprint density at radius 2 is 2.18 bits per heavy atom. The quantitative estimate of drug-likeness (QED) is 0.635. The number of aliphatic hydroxyl groups is 1. The Bertz CT molecular complexity index is 472. The summed E-state index contributed by atoms with van der Waals surface area (Å²) in [4.78, 5) is 14.6. The summed E-state index contributed by atoms with van der Waals surface area (Å²) in [7, 11) is 1.41. The molecule has 0 bridgehead atoms. The Morgan fingerprint density at radius 3 is 2.65 bits per heavy atom. The Morgan fingerprint density at radius 1 is 1.53 bits per heavy atom. The fourth-order valence-corrected chi connectivity index (χ4v) is 1.10. The van der Waals surface area contributed by atoms with Gasteiger partial charge in [0.1, 0.15) is 17.3 Å². The zero-order chi connectivity index (χ0) is 13.0. The van der Waals surface area contributed by atoms with E-state index in [0.29, 0.717) is 5.70 Å². The van der Waals surface area contributed by atoms with Gasteiger partial charge < -0.3 is 20.3 Å². The van der Waals surface area contributed by atoms with Crippen molar-refractivity contribution in [2.24, 2.45) is 4.99 Å². The van der Waals surface area contributed by atoms with Gasteiger partial charge in [-0.05, 0) is 6.08 Å². The second kappa shape index (κ2) is 5.02. The van der Waals surface area contributed by atoms with Gasteiger partial charge in [0.2, 0.25) is 0 Å². The van der Waals surface area contributed by atoms with Crippen molar-refractivity contribution < 1.29 is 19.7 Å². The average Bonchev–Trinajstić information content (AvgIpc) is 2.26. The molecule has 1 heterocycles. The van der Waals surface area contributed by atoms with E-state index in [-0.39, 0.29) is 23.1 Å². The smallest absolute Gasteiger partial charge is 0.354 e. The maximum absolute atomic E-state index is 10.9. The first-order valence-corrected chi connectivity index (χ1v) is 4.57. The predicted octanol–water partition coefficient (Wildman–Crippen LogP) is 1.07. The zero-order valence-corrected chi connectivity index (χ0v) is 9.23. The molecule has 0 spiro atoms. The maximum Gasteiger partial charge on any atom is 0.354 e. The summed E-state index contributed by atoms with van der Waals surface area (Å²) in [5, 5.41) is 20.6. The average molecular weight is 236 g/mol. The van der Waals surface area contributed by atoms with Crippen molar-refractivity contribution in [1.29, 1.82) is 0 Å². The van der Waals surface area contributed by atoms with Gasteiger partial charge in [0.25, 0.3) is 0 Å². The standard InChI is InChI=1S/C11H12N2O4/c1-6(14)4-10-12-8(7(2)17-3)5-9(13-10)11(15)16/h4-5,12,14H,1-2H2,3H3,(H,15,16)/b10-4+. The number of carboxylic acid groups (broad SMARTS) is 1. The van der Waals surface area contributed by atoms with Crippen LogP contribution >= 0.6 is 0 Å². The molecule has 3 N–H and O–H groups in total. The van der Waals surface area contributed by atoms with E-state index in [1.54, 1.807) is 0 Å². The number of hydrogen-bond acceptors (Lipinski definition) is 5. The normalized spacial score (nSPS) is 16.6. The van der Waals surface area contributed by atoms with Crippen molar-refractivity contribution in [2.45, 2.75) is 0 Å². The molecule has 0 radical (unpaired) electrons. The van der Waals surface area contributed by atoms with E-state index in [1.165, 1.54) is 19.3 Å². The van der Waals surface area contributed by atoms with Gasteiger partial charge in [0.15, 0.2) is 5.71 Å². The van der Waals surface area contributed by atoms with E-state index in [4.69, 9.17) is 14.9 Å². The van der Waals surface area contributed by atoms with Crippen LogP contribution in [0.15, 0.2) is 53.3 Å². The summed E-state index contributed by atoms with van der Waals surface area (Å²) in [5.41, 5.74) is 0.164. The van der Waals surface area contributed by atoms with E-state index in [9.17, 15) is 4.79 Å². The molecule has 1 aliphatic rings. The molecule has 0 saturated carbocycles. The third-order valence-electron chi connectivity index (χ3n) is 1.85. The van der Waals surface area contributed by atoms with E-state index in [0.717, 1.165) is 0 Å². The SMILES string of the molecule is C=C(O)/C=C1/N=C(C(=O)O)C=C(C(=C)OC)N1. The summed E-state index contributed by atoms with van der Waals surface area (Å²) in [6, 6.07) is 0. The minimum atomic E-state index is -1.19. The van der Waals surface area contributed by atoms with Crippen molar-refractivity contribution >= 4 is 11.7 Å². The molecular formula is C11H12N2O4. The largest absolute Gasteiger partial charge is 0.508 e. The summed E-state index contributed by atoms with van der Waals surface area (Å²) in [5.74, 6) is -1.04. The van der Waals surface area contributed by atoms with E-state index >= 15 is 0 Å². The number of aliphatic hydroxyl groups excluding tert-OH is 1. The third-order valence-corrected chi connectivity index (χ3v) is 1.85. The third kappa shape index (κ3) is 3.23. The number of carboxylic acids is 1. The second-order valence-corrected chi connectivity index (χ2v) is 3.13. The van der Waals surface area contributed by atoms with Gasteiger partial charge in [-0.3, -0.25) is 0 Å². The molecule has 0 aromatic heterocycles. The predicted molar refractivity (Wildman–Crippen MR) is 62.3 cm³/mol. The highest BCUT2D eigenvalue weighted by Gasteiger charge is 2.17. The van der Waals surface area contributed by atoms with E-state index in [2.05, 4.69) is 23.5 Å². The first-order valence-electron chi connectivity index (χ1n) is 4.57. The van der Waals surface area contributed by atoms with Crippen LogP contribution in [-0.4, -0.2) is 29.0 Å². The fourth-order valence-electron chi connectivity index (χ4n) is 1.10. The van der Waals surface area contributed by atoms with Crippen LogP contribution in [0.3, 0.4) is 0 Å². The number of carbonyl (C=O) groups is 1.